The van der Waals surface area contributed by atoms with Gasteiger partial charge in [-0.1, -0.05) is 13.8 Å². The monoisotopic (exact) mass is 286 g/mol. The minimum Gasteiger partial charge on any atom is -0.297 e. The molecule has 6 nitrogen and oxygen atoms in total. The molecule has 3 rings (SSSR count). The lowest BCUT2D eigenvalue weighted by Crippen LogP contribution is -2.34. The van der Waals surface area contributed by atoms with E-state index in [1.165, 1.54) is 12.8 Å². The van der Waals surface area contributed by atoms with Gasteiger partial charge in [0.25, 0.3) is 0 Å². The minimum atomic E-state index is 0.369. The van der Waals surface area contributed by atoms with Gasteiger partial charge in [0.15, 0.2) is 0 Å². The largest absolute Gasteiger partial charge is 0.297 e. The van der Waals surface area contributed by atoms with Crippen LogP contribution >= 0.6 is 0 Å². The summed E-state index contributed by atoms with van der Waals surface area (Å²) in [5.74, 6) is 2.75. The lowest BCUT2D eigenvalue weighted by Gasteiger charge is -2.31. The third kappa shape index (κ3) is 3.44. The second-order valence-corrected chi connectivity index (χ2v) is 6.01. The van der Waals surface area contributed by atoms with Crippen LogP contribution in [0.1, 0.15) is 55.9 Å². The molecule has 1 aliphatic rings. The van der Waals surface area contributed by atoms with Gasteiger partial charge in [-0.05, 0) is 25.5 Å². The van der Waals surface area contributed by atoms with Crippen LogP contribution in [0.25, 0.3) is 0 Å². The van der Waals surface area contributed by atoms with Crippen molar-refractivity contribution in [3.63, 3.8) is 0 Å². The molecule has 112 valence electrons. The van der Waals surface area contributed by atoms with Crippen LogP contribution in [0.4, 0.5) is 0 Å². The minimum absolute atomic E-state index is 0.369. The molecule has 0 saturated carbocycles. The summed E-state index contributed by atoms with van der Waals surface area (Å²) in [6.45, 7) is 7.26. The van der Waals surface area contributed by atoms with Gasteiger partial charge in [-0.2, -0.15) is 5.10 Å². The summed E-state index contributed by atoms with van der Waals surface area (Å²) < 4.78 is 0. The Hall–Kier alpha value is -1.82. The van der Waals surface area contributed by atoms with E-state index in [9.17, 15) is 0 Å². The number of nitrogens with zero attached hydrogens (tertiary/aromatic N) is 5. The van der Waals surface area contributed by atoms with E-state index >= 15 is 0 Å². The predicted octanol–water partition coefficient (Wildman–Crippen LogP) is 2.10. The van der Waals surface area contributed by atoms with Crippen LogP contribution in [0, 0.1) is 0 Å². The summed E-state index contributed by atoms with van der Waals surface area (Å²) in [4.78, 5) is 15.7. The molecule has 0 spiro atoms. The summed E-state index contributed by atoms with van der Waals surface area (Å²) in [5, 5.41) is 6.96. The highest BCUT2D eigenvalue weighted by molar-refractivity contribution is 5.06. The van der Waals surface area contributed by atoms with Gasteiger partial charge in [0, 0.05) is 31.1 Å². The molecule has 3 heterocycles. The van der Waals surface area contributed by atoms with E-state index in [-0.39, 0.29) is 0 Å². The molecule has 2 aromatic heterocycles. The first-order valence-corrected chi connectivity index (χ1v) is 7.62. The van der Waals surface area contributed by atoms with Crippen LogP contribution in [0.2, 0.25) is 0 Å². The van der Waals surface area contributed by atoms with Gasteiger partial charge in [0.1, 0.15) is 18.0 Å². The van der Waals surface area contributed by atoms with Gasteiger partial charge in [0.2, 0.25) is 0 Å². The van der Waals surface area contributed by atoms with E-state index in [4.69, 9.17) is 0 Å². The van der Waals surface area contributed by atoms with Crippen molar-refractivity contribution in [2.75, 3.05) is 13.1 Å². The predicted molar refractivity (Wildman–Crippen MR) is 79.8 cm³/mol. The molecule has 1 N–H and O–H groups in total. The number of hydrogen-bond donors (Lipinski definition) is 1. The molecule has 1 fully saturated rings. The quantitative estimate of drug-likeness (QED) is 0.932. The Morgan fingerprint density at radius 1 is 1.38 bits per heavy atom. The van der Waals surface area contributed by atoms with Crippen molar-refractivity contribution in [2.24, 2.45) is 0 Å². The first-order chi connectivity index (χ1) is 10.2. The smallest absolute Gasteiger partial charge is 0.137 e. The number of aromatic nitrogens is 5. The molecule has 0 unspecified atom stereocenters. The van der Waals surface area contributed by atoms with Crippen molar-refractivity contribution < 1.29 is 0 Å². The molecule has 0 amide bonds. The SMILES string of the molecule is CC(C)c1nccc(CN2CCC[C@H](c3ncn[nH]3)C2)n1. The average molecular weight is 286 g/mol. The number of hydrogen-bond acceptors (Lipinski definition) is 5. The summed E-state index contributed by atoms with van der Waals surface area (Å²) in [5.41, 5.74) is 1.10. The molecule has 1 atom stereocenters. The van der Waals surface area contributed by atoms with Gasteiger partial charge < -0.3 is 0 Å². The lowest BCUT2D eigenvalue weighted by atomic mass is 9.97. The molecule has 2 aromatic rings. The summed E-state index contributed by atoms with van der Waals surface area (Å²) in [7, 11) is 0. The summed E-state index contributed by atoms with van der Waals surface area (Å²) >= 11 is 0. The van der Waals surface area contributed by atoms with Gasteiger partial charge in [-0.25, -0.2) is 15.0 Å². The van der Waals surface area contributed by atoms with Crippen LogP contribution in [0.15, 0.2) is 18.6 Å². The number of rotatable bonds is 4. The Bertz CT molecular complexity index is 565. The van der Waals surface area contributed by atoms with Crippen molar-refractivity contribution in [3.8, 4) is 0 Å². The van der Waals surface area contributed by atoms with Gasteiger partial charge >= 0.3 is 0 Å². The van der Waals surface area contributed by atoms with Crippen LogP contribution in [0.5, 0.6) is 0 Å². The zero-order valence-corrected chi connectivity index (χ0v) is 12.7. The van der Waals surface area contributed by atoms with E-state index in [2.05, 4.69) is 43.9 Å². The molecule has 0 bridgehead atoms. The molecule has 0 aliphatic carbocycles. The Morgan fingerprint density at radius 2 is 2.29 bits per heavy atom. The van der Waals surface area contributed by atoms with E-state index in [0.717, 1.165) is 37.0 Å². The standard InChI is InChI=1S/C15H22N6/c1-11(2)14-16-6-5-13(19-14)9-21-7-3-4-12(8-21)15-17-10-18-20-15/h5-6,10-12H,3-4,7-9H2,1-2H3,(H,17,18,20)/t12-/m0/s1. The number of H-pyrrole nitrogens is 1. The maximum atomic E-state index is 4.67. The molecular formula is C15H22N6. The van der Waals surface area contributed by atoms with Crippen molar-refractivity contribution in [3.05, 3.63) is 35.9 Å². The normalized spacial score (nSPS) is 20.0. The third-order valence-electron chi connectivity index (χ3n) is 3.96. The number of piperidine rings is 1. The molecule has 0 radical (unpaired) electrons. The van der Waals surface area contributed by atoms with E-state index in [1.54, 1.807) is 6.33 Å². The highest BCUT2D eigenvalue weighted by Crippen LogP contribution is 2.24. The maximum Gasteiger partial charge on any atom is 0.137 e. The van der Waals surface area contributed by atoms with Crippen molar-refractivity contribution >= 4 is 0 Å². The topological polar surface area (TPSA) is 70.6 Å². The summed E-state index contributed by atoms with van der Waals surface area (Å²) in [6, 6.07) is 2.02. The molecule has 1 saturated heterocycles. The number of likely N-dealkylation sites (tertiary alicyclic amines) is 1. The Morgan fingerprint density at radius 3 is 3.05 bits per heavy atom. The molecular weight excluding hydrogens is 264 g/mol. The molecule has 1 aliphatic heterocycles. The van der Waals surface area contributed by atoms with E-state index < -0.39 is 0 Å². The Balaban J connectivity index is 1.66. The third-order valence-corrected chi connectivity index (χ3v) is 3.96. The summed E-state index contributed by atoms with van der Waals surface area (Å²) in [6.07, 6.45) is 5.82. The van der Waals surface area contributed by atoms with E-state index in [0.29, 0.717) is 11.8 Å². The zero-order chi connectivity index (χ0) is 14.7. The van der Waals surface area contributed by atoms with Crippen molar-refractivity contribution in [1.82, 2.24) is 30.0 Å². The second kappa shape index (κ2) is 6.30. The molecule has 0 aromatic carbocycles. The fraction of sp³-hybridized carbons (Fsp3) is 0.600. The Labute approximate surface area is 125 Å². The Kier molecular flexibility index (Phi) is 4.24. The lowest BCUT2D eigenvalue weighted by molar-refractivity contribution is 0.194. The number of aromatic amines is 1. The van der Waals surface area contributed by atoms with Crippen molar-refractivity contribution in [2.45, 2.75) is 45.1 Å². The fourth-order valence-electron chi connectivity index (χ4n) is 2.84. The first-order valence-electron chi connectivity index (χ1n) is 7.62. The van der Waals surface area contributed by atoms with Crippen LogP contribution < -0.4 is 0 Å². The fourth-order valence-corrected chi connectivity index (χ4v) is 2.84. The van der Waals surface area contributed by atoms with Crippen LogP contribution in [-0.2, 0) is 6.54 Å². The van der Waals surface area contributed by atoms with Crippen LogP contribution in [0.3, 0.4) is 0 Å². The van der Waals surface area contributed by atoms with E-state index in [1.807, 2.05) is 12.3 Å². The highest BCUT2D eigenvalue weighted by atomic mass is 15.2. The molecule has 6 heteroatoms. The first kappa shape index (κ1) is 14.1. The van der Waals surface area contributed by atoms with Crippen molar-refractivity contribution in [1.29, 1.82) is 0 Å². The van der Waals surface area contributed by atoms with Gasteiger partial charge in [-0.15, -0.1) is 0 Å². The maximum absolute atomic E-state index is 4.67. The molecule has 21 heavy (non-hydrogen) atoms. The van der Waals surface area contributed by atoms with Gasteiger partial charge in [-0.3, -0.25) is 10.00 Å². The average Bonchev–Trinajstić information content (AvgIpc) is 3.02. The van der Waals surface area contributed by atoms with Gasteiger partial charge in [0.05, 0.1) is 5.69 Å². The number of nitrogens with one attached hydrogen (secondary N) is 1. The second-order valence-electron chi connectivity index (χ2n) is 6.01. The zero-order valence-electron chi connectivity index (χ0n) is 12.7. The highest BCUT2D eigenvalue weighted by Gasteiger charge is 2.23. The van der Waals surface area contributed by atoms with Crippen LogP contribution in [-0.4, -0.2) is 43.1 Å².